The van der Waals surface area contributed by atoms with Crippen LogP contribution in [0.25, 0.3) is 6.08 Å². The topological polar surface area (TPSA) is 62.6 Å². The standard InChI is InChI=1S/C16H14N2O3/c1-10-5-6-12(8-11(10)2)18-16(20)14(15(19)17-18)9-13-4-3-7-21-13/h3-9H,1-2H3,(H,17,19)/b14-9-. The Bertz CT molecular complexity index is 745. The molecule has 1 N–H and O–H groups in total. The number of hydrogen-bond donors (Lipinski definition) is 1. The average molecular weight is 282 g/mol. The fourth-order valence-electron chi connectivity index (χ4n) is 2.12. The third-order valence-electron chi connectivity index (χ3n) is 3.47. The molecular formula is C16H14N2O3. The van der Waals surface area contributed by atoms with Crippen molar-refractivity contribution in [2.24, 2.45) is 0 Å². The van der Waals surface area contributed by atoms with Gasteiger partial charge in [0.2, 0.25) is 0 Å². The van der Waals surface area contributed by atoms with E-state index in [1.54, 1.807) is 18.2 Å². The van der Waals surface area contributed by atoms with Crippen molar-refractivity contribution in [1.82, 2.24) is 5.43 Å². The summed E-state index contributed by atoms with van der Waals surface area (Å²) in [5.41, 5.74) is 5.44. The second kappa shape index (κ2) is 4.94. The number of benzene rings is 1. The third kappa shape index (κ3) is 2.33. The van der Waals surface area contributed by atoms with Gasteiger partial charge < -0.3 is 4.42 Å². The van der Waals surface area contributed by atoms with E-state index in [4.69, 9.17) is 4.42 Å². The maximum Gasteiger partial charge on any atom is 0.282 e. The number of carbonyl (C=O) groups excluding carboxylic acids is 2. The highest BCUT2D eigenvalue weighted by molar-refractivity contribution is 6.31. The van der Waals surface area contributed by atoms with Crippen LogP contribution in [0.4, 0.5) is 5.69 Å². The number of hydrogen-bond acceptors (Lipinski definition) is 3. The Hall–Kier alpha value is -2.82. The molecule has 2 amide bonds. The maximum absolute atomic E-state index is 12.4. The lowest BCUT2D eigenvalue weighted by atomic mass is 10.1. The SMILES string of the molecule is Cc1ccc(N2NC(=O)/C(=C/c3ccco3)C2=O)cc1C. The molecule has 1 fully saturated rings. The summed E-state index contributed by atoms with van der Waals surface area (Å²) in [6.07, 6.45) is 2.93. The first-order valence-corrected chi connectivity index (χ1v) is 6.54. The zero-order chi connectivity index (χ0) is 15.0. The molecular weight excluding hydrogens is 268 g/mol. The predicted octanol–water partition coefficient (Wildman–Crippen LogP) is 2.36. The lowest BCUT2D eigenvalue weighted by Crippen LogP contribution is -2.35. The van der Waals surface area contributed by atoms with Gasteiger partial charge in [0.15, 0.2) is 0 Å². The van der Waals surface area contributed by atoms with Crippen LogP contribution in [0, 0.1) is 13.8 Å². The Morgan fingerprint density at radius 2 is 1.95 bits per heavy atom. The molecule has 0 bridgehead atoms. The first-order valence-electron chi connectivity index (χ1n) is 6.54. The molecule has 2 aromatic rings. The van der Waals surface area contributed by atoms with E-state index in [2.05, 4.69) is 5.43 Å². The van der Waals surface area contributed by atoms with Gasteiger partial charge >= 0.3 is 0 Å². The Morgan fingerprint density at radius 3 is 2.62 bits per heavy atom. The number of anilines is 1. The van der Waals surface area contributed by atoms with Crippen molar-refractivity contribution < 1.29 is 14.0 Å². The van der Waals surface area contributed by atoms with Crippen molar-refractivity contribution in [2.45, 2.75) is 13.8 Å². The Balaban J connectivity index is 1.95. The number of carbonyl (C=O) groups is 2. The van der Waals surface area contributed by atoms with Crippen LogP contribution >= 0.6 is 0 Å². The van der Waals surface area contributed by atoms with Crippen molar-refractivity contribution in [3.05, 3.63) is 59.1 Å². The van der Waals surface area contributed by atoms with E-state index < -0.39 is 5.91 Å². The molecule has 0 unspecified atom stereocenters. The highest BCUT2D eigenvalue weighted by Gasteiger charge is 2.34. The van der Waals surface area contributed by atoms with E-state index in [-0.39, 0.29) is 11.5 Å². The summed E-state index contributed by atoms with van der Waals surface area (Å²) in [6, 6.07) is 8.97. The quantitative estimate of drug-likeness (QED) is 0.679. The largest absolute Gasteiger partial charge is 0.465 e. The van der Waals surface area contributed by atoms with E-state index in [1.165, 1.54) is 17.3 Å². The first kappa shape index (κ1) is 13.2. The molecule has 0 radical (unpaired) electrons. The molecule has 106 valence electrons. The summed E-state index contributed by atoms with van der Waals surface area (Å²) in [4.78, 5) is 24.3. The summed E-state index contributed by atoms with van der Waals surface area (Å²) >= 11 is 0. The monoisotopic (exact) mass is 282 g/mol. The smallest absolute Gasteiger partial charge is 0.282 e. The van der Waals surface area contributed by atoms with Crippen LogP contribution in [0.1, 0.15) is 16.9 Å². The van der Waals surface area contributed by atoms with Crippen LogP contribution in [0.15, 0.2) is 46.6 Å². The molecule has 0 atom stereocenters. The van der Waals surface area contributed by atoms with Gasteiger partial charge in [-0.25, -0.2) is 5.01 Å². The molecule has 1 aromatic heterocycles. The summed E-state index contributed by atoms with van der Waals surface area (Å²) < 4.78 is 5.14. The second-order valence-corrected chi connectivity index (χ2v) is 4.92. The third-order valence-corrected chi connectivity index (χ3v) is 3.47. The molecule has 21 heavy (non-hydrogen) atoms. The fourth-order valence-corrected chi connectivity index (χ4v) is 2.12. The summed E-state index contributed by atoms with van der Waals surface area (Å²) in [7, 11) is 0. The van der Waals surface area contributed by atoms with Crippen molar-refractivity contribution in [2.75, 3.05) is 5.01 Å². The van der Waals surface area contributed by atoms with Gasteiger partial charge in [-0.15, -0.1) is 0 Å². The first-order chi connectivity index (χ1) is 10.1. The fraction of sp³-hybridized carbons (Fsp3) is 0.125. The molecule has 0 saturated carbocycles. The van der Waals surface area contributed by atoms with Gasteiger partial charge in [-0.3, -0.25) is 15.0 Å². The van der Waals surface area contributed by atoms with Gasteiger partial charge in [-0.2, -0.15) is 0 Å². The second-order valence-electron chi connectivity index (χ2n) is 4.92. The van der Waals surface area contributed by atoms with Crippen molar-refractivity contribution in [3.8, 4) is 0 Å². The summed E-state index contributed by atoms with van der Waals surface area (Å²) in [5, 5.41) is 1.25. The minimum absolute atomic E-state index is 0.0585. The van der Waals surface area contributed by atoms with Gasteiger partial charge in [0.05, 0.1) is 12.0 Å². The molecule has 0 aliphatic carbocycles. The van der Waals surface area contributed by atoms with Crippen molar-refractivity contribution in [3.63, 3.8) is 0 Å². The van der Waals surface area contributed by atoms with Crippen LogP contribution in [-0.4, -0.2) is 11.8 Å². The van der Waals surface area contributed by atoms with E-state index >= 15 is 0 Å². The van der Waals surface area contributed by atoms with E-state index in [0.717, 1.165) is 11.1 Å². The van der Waals surface area contributed by atoms with Crippen molar-refractivity contribution in [1.29, 1.82) is 0 Å². The van der Waals surface area contributed by atoms with Crippen LogP contribution in [0.3, 0.4) is 0 Å². The van der Waals surface area contributed by atoms with Crippen LogP contribution < -0.4 is 10.4 Å². The number of aryl methyl sites for hydroxylation is 2. The molecule has 3 rings (SSSR count). The molecule has 5 nitrogen and oxygen atoms in total. The lowest BCUT2D eigenvalue weighted by molar-refractivity contribution is -0.117. The molecule has 1 aliphatic heterocycles. The number of amides is 2. The van der Waals surface area contributed by atoms with E-state index in [9.17, 15) is 9.59 Å². The van der Waals surface area contributed by atoms with Gasteiger partial charge in [0.25, 0.3) is 11.8 Å². The summed E-state index contributed by atoms with van der Waals surface area (Å²) in [6.45, 7) is 3.95. The van der Waals surface area contributed by atoms with Gasteiger partial charge in [-0.1, -0.05) is 6.07 Å². The van der Waals surface area contributed by atoms with E-state index in [1.807, 2.05) is 26.0 Å². The zero-order valence-corrected chi connectivity index (χ0v) is 11.7. The number of rotatable bonds is 2. The molecule has 1 aromatic carbocycles. The number of hydrazine groups is 1. The Morgan fingerprint density at radius 1 is 1.14 bits per heavy atom. The van der Waals surface area contributed by atoms with Crippen molar-refractivity contribution >= 4 is 23.6 Å². The van der Waals surface area contributed by atoms with Crippen LogP contribution in [-0.2, 0) is 9.59 Å². The van der Waals surface area contributed by atoms with Gasteiger partial charge in [0.1, 0.15) is 11.3 Å². The highest BCUT2D eigenvalue weighted by atomic mass is 16.3. The highest BCUT2D eigenvalue weighted by Crippen LogP contribution is 2.23. The number of nitrogens with zero attached hydrogens (tertiary/aromatic N) is 1. The molecule has 0 spiro atoms. The van der Waals surface area contributed by atoms with Gasteiger partial charge in [0, 0.05) is 0 Å². The maximum atomic E-state index is 12.4. The number of furan rings is 1. The minimum Gasteiger partial charge on any atom is -0.465 e. The Kier molecular flexibility index (Phi) is 3.10. The van der Waals surface area contributed by atoms with Crippen LogP contribution in [0.5, 0.6) is 0 Å². The predicted molar refractivity (Wildman–Crippen MR) is 78.2 cm³/mol. The van der Waals surface area contributed by atoms with E-state index in [0.29, 0.717) is 11.4 Å². The van der Waals surface area contributed by atoms with Gasteiger partial charge in [-0.05, 0) is 55.3 Å². The molecule has 2 heterocycles. The minimum atomic E-state index is -0.436. The summed E-state index contributed by atoms with van der Waals surface area (Å²) in [5.74, 6) is -0.357. The Labute approximate surface area is 121 Å². The number of nitrogens with one attached hydrogen (secondary N) is 1. The van der Waals surface area contributed by atoms with Crippen LogP contribution in [0.2, 0.25) is 0 Å². The normalized spacial score (nSPS) is 16.7. The molecule has 1 saturated heterocycles. The lowest BCUT2D eigenvalue weighted by Gasteiger charge is -2.15. The zero-order valence-electron chi connectivity index (χ0n) is 11.7. The average Bonchev–Trinajstić information content (AvgIpc) is 3.06. The molecule has 1 aliphatic rings. The molecule has 5 heteroatoms.